The lowest BCUT2D eigenvalue weighted by Gasteiger charge is -2.00. The van der Waals surface area contributed by atoms with Crippen molar-refractivity contribution in [2.75, 3.05) is 0 Å². The van der Waals surface area contributed by atoms with Crippen LogP contribution in [0, 0.1) is 0 Å². The predicted octanol–water partition coefficient (Wildman–Crippen LogP) is 3.76. The first-order chi connectivity index (χ1) is 6.36. The van der Waals surface area contributed by atoms with Crippen molar-refractivity contribution < 1.29 is 0 Å². The standard InChI is InChI=1S/C13H18/c1-3-5-6-7-13-10-8-12(4-2)9-11-13/h3,5,8-11H,4,6-7H2,1-2H3/b5-3+. The predicted molar refractivity (Wildman–Crippen MR) is 59.0 cm³/mol. The number of aryl methyl sites for hydroxylation is 2. The average Bonchev–Trinajstić information content (AvgIpc) is 2.19. The molecule has 0 unspecified atom stereocenters. The largest absolute Gasteiger partial charge is 0.0917 e. The van der Waals surface area contributed by atoms with Crippen molar-refractivity contribution >= 4 is 0 Å². The molecule has 0 spiro atoms. The van der Waals surface area contributed by atoms with E-state index in [4.69, 9.17) is 0 Å². The summed E-state index contributed by atoms with van der Waals surface area (Å²) in [6, 6.07) is 8.93. The molecule has 0 atom stereocenters. The lowest BCUT2D eigenvalue weighted by Crippen LogP contribution is -1.85. The number of allylic oxidation sites excluding steroid dienone is 2. The van der Waals surface area contributed by atoms with Crippen LogP contribution in [0.2, 0.25) is 0 Å². The van der Waals surface area contributed by atoms with Crippen molar-refractivity contribution in [1.82, 2.24) is 0 Å². The quantitative estimate of drug-likeness (QED) is 0.610. The molecule has 1 aromatic rings. The van der Waals surface area contributed by atoms with E-state index in [-0.39, 0.29) is 0 Å². The summed E-state index contributed by atoms with van der Waals surface area (Å²) in [4.78, 5) is 0. The lowest BCUT2D eigenvalue weighted by atomic mass is 10.1. The van der Waals surface area contributed by atoms with E-state index in [0.29, 0.717) is 0 Å². The SMILES string of the molecule is C/C=C/CCc1ccc(CC)cc1. The van der Waals surface area contributed by atoms with Crippen LogP contribution in [0.25, 0.3) is 0 Å². The van der Waals surface area contributed by atoms with E-state index in [1.807, 2.05) is 0 Å². The molecular formula is C13H18. The topological polar surface area (TPSA) is 0 Å². The molecule has 0 saturated heterocycles. The third kappa shape index (κ3) is 3.45. The Labute approximate surface area is 81.3 Å². The van der Waals surface area contributed by atoms with Crippen LogP contribution in [-0.4, -0.2) is 0 Å². The molecule has 70 valence electrons. The monoisotopic (exact) mass is 174 g/mol. The van der Waals surface area contributed by atoms with Crippen LogP contribution in [0.15, 0.2) is 36.4 Å². The summed E-state index contributed by atoms with van der Waals surface area (Å²) in [5.41, 5.74) is 2.87. The van der Waals surface area contributed by atoms with Crippen LogP contribution in [0.5, 0.6) is 0 Å². The Bertz CT molecular complexity index is 254. The van der Waals surface area contributed by atoms with E-state index >= 15 is 0 Å². The highest BCUT2D eigenvalue weighted by Gasteiger charge is 1.91. The second-order valence-corrected chi connectivity index (χ2v) is 3.28. The molecule has 0 bridgehead atoms. The minimum Gasteiger partial charge on any atom is -0.0917 e. The van der Waals surface area contributed by atoms with Gasteiger partial charge in [0.15, 0.2) is 0 Å². The van der Waals surface area contributed by atoms with Crippen LogP contribution in [0.1, 0.15) is 31.4 Å². The molecule has 0 amide bonds. The van der Waals surface area contributed by atoms with E-state index in [1.54, 1.807) is 0 Å². The van der Waals surface area contributed by atoms with Gasteiger partial charge in [-0.15, -0.1) is 0 Å². The van der Waals surface area contributed by atoms with Gasteiger partial charge >= 0.3 is 0 Å². The highest BCUT2D eigenvalue weighted by Crippen LogP contribution is 2.07. The summed E-state index contributed by atoms with van der Waals surface area (Å²) in [6.07, 6.45) is 7.78. The summed E-state index contributed by atoms with van der Waals surface area (Å²) < 4.78 is 0. The van der Waals surface area contributed by atoms with Gasteiger partial charge in [-0.3, -0.25) is 0 Å². The Hall–Kier alpha value is -1.04. The van der Waals surface area contributed by atoms with Crippen molar-refractivity contribution in [3.8, 4) is 0 Å². The summed E-state index contributed by atoms with van der Waals surface area (Å²) >= 11 is 0. The van der Waals surface area contributed by atoms with E-state index in [0.717, 1.165) is 19.3 Å². The smallest absolute Gasteiger partial charge is 0.0244 e. The molecule has 0 heteroatoms. The van der Waals surface area contributed by atoms with E-state index in [2.05, 4.69) is 50.3 Å². The van der Waals surface area contributed by atoms with E-state index in [1.165, 1.54) is 11.1 Å². The molecule has 0 saturated carbocycles. The Morgan fingerprint density at radius 1 is 1.08 bits per heavy atom. The highest BCUT2D eigenvalue weighted by atomic mass is 14.0. The van der Waals surface area contributed by atoms with Gasteiger partial charge in [0, 0.05) is 0 Å². The third-order valence-electron chi connectivity index (χ3n) is 2.27. The third-order valence-corrected chi connectivity index (χ3v) is 2.27. The second kappa shape index (κ2) is 5.58. The minimum absolute atomic E-state index is 1.13. The van der Waals surface area contributed by atoms with Crippen LogP contribution in [0.3, 0.4) is 0 Å². The fourth-order valence-corrected chi connectivity index (χ4v) is 1.36. The van der Waals surface area contributed by atoms with Crippen molar-refractivity contribution in [1.29, 1.82) is 0 Å². The van der Waals surface area contributed by atoms with Crippen molar-refractivity contribution in [3.63, 3.8) is 0 Å². The minimum atomic E-state index is 1.13. The molecule has 13 heavy (non-hydrogen) atoms. The van der Waals surface area contributed by atoms with E-state index < -0.39 is 0 Å². The normalized spacial score (nSPS) is 10.9. The molecule has 0 radical (unpaired) electrons. The first kappa shape index (κ1) is 10.0. The van der Waals surface area contributed by atoms with Gasteiger partial charge in [-0.05, 0) is 37.3 Å². The van der Waals surface area contributed by atoms with Crippen molar-refractivity contribution in [3.05, 3.63) is 47.5 Å². The summed E-state index contributed by atoms with van der Waals surface area (Å²) in [7, 11) is 0. The van der Waals surface area contributed by atoms with Crippen LogP contribution in [0.4, 0.5) is 0 Å². The van der Waals surface area contributed by atoms with Crippen LogP contribution < -0.4 is 0 Å². The Morgan fingerprint density at radius 2 is 1.69 bits per heavy atom. The molecule has 0 heterocycles. The molecule has 0 nitrogen and oxygen atoms in total. The van der Waals surface area contributed by atoms with Crippen molar-refractivity contribution in [2.45, 2.75) is 33.1 Å². The zero-order chi connectivity index (χ0) is 9.52. The van der Waals surface area contributed by atoms with Gasteiger partial charge in [-0.1, -0.05) is 43.3 Å². The zero-order valence-electron chi connectivity index (χ0n) is 8.59. The Balaban J connectivity index is 2.49. The maximum Gasteiger partial charge on any atom is -0.0244 e. The van der Waals surface area contributed by atoms with Gasteiger partial charge < -0.3 is 0 Å². The Morgan fingerprint density at radius 3 is 2.23 bits per heavy atom. The number of benzene rings is 1. The van der Waals surface area contributed by atoms with Gasteiger partial charge in [-0.2, -0.15) is 0 Å². The number of hydrogen-bond acceptors (Lipinski definition) is 0. The fraction of sp³-hybridized carbons (Fsp3) is 0.385. The maximum atomic E-state index is 2.24. The second-order valence-electron chi connectivity index (χ2n) is 3.28. The molecule has 0 aliphatic rings. The van der Waals surface area contributed by atoms with E-state index in [9.17, 15) is 0 Å². The van der Waals surface area contributed by atoms with Gasteiger partial charge in [0.1, 0.15) is 0 Å². The molecule has 0 fully saturated rings. The first-order valence-electron chi connectivity index (χ1n) is 5.05. The Kier molecular flexibility index (Phi) is 4.31. The summed E-state index contributed by atoms with van der Waals surface area (Å²) in [6.45, 7) is 4.26. The number of rotatable bonds is 4. The van der Waals surface area contributed by atoms with Crippen LogP contribution >= 0.6 is 0 Å². The zero-order valence-corrected chi connectivity index (χ0v) is 8.59. The average molecular weight is 174 g/mol. The molecule has 0 aliphatic heterocycles. The van der Waals surface area contributed by atoms with Gasteiger partial charge in [0.05, 0.1) is 0 Å². The summed E-state index contributed by atoms with van der Waals surface area (Å²) in [5.74, 6) is 0. The molecule has 0 aliphatic carbocycles. The lowest BCUT2D eigenvalue weighted by molar-refractivity contribution is 0.994. The van der Waals surface area contributed by atoms with Crippen LogP contribution in [-0.2, 0) is 12.8 Å². The maximum absolute atomic E-state index is 2.24. The van der Waals surface area contributed by atoms with Gasteiger partial charge in [0.2, 0.25) is 0 Å². The molecule has 0 aromatic heterocycles. The molecule has 0 N–H and O–H groups in total. The van der Waals surface area contributed by atoms with Gasteiger partial charge in [0.25, 0.3) is 0 Å². The molecular weight excluding hydrogens is 156 g/mol. The molecule has 1 aromatic carbocycles. The fourth-order valence-electron chi connectivity index (χ4n) is 1.36. The molecule has 1 rings (SSSR count). The van der Waals surface area contributed by atoms with Gasteiger partial charge in [-0.25, -0.2) is 0 Å². The first-order valence-corrected chi connectivity index (χ1v) is 5.05. The van der Waals surface area contributed by atoms with Crippen molar-refractivity contribution in [2.24, 2.45) is 0 Å². The number of hydrogen-bond donors (Lipinski definition) is 0. The highest BCUT2D eigenvalue weighted by molar-refractivity contribution is 5.22. The summed E-state index contributed by atoms with van der Waals surface area (Å²) in [5, 5.41) is 0.